The highest BCUT2D eigenvalue weighted by molar-refractivity contribution is 7.55. The van der Waals surface area contributed by atoms with Crippen molar-refractivity contribution in [3.63, 3.8) is 0 Å². The number of nitrogens with one attached hydrogen (secondary N) is 1. The first-order chi connectivity index (χ1) is 4.97. The van der Waals surface area contributed by atoms with Crippen molar-refractivity contribution in [1.82, 2.24) is 5.32 Å². The first kappa shape index (κ1) is 13.4. The highest BCUT2D eigenvalue weighted by atomic mass is 31.2. The largest absolute Gasteiger partial charge is 0.348 e. The molecule has 0 aliphatic carbocycles. The first-order valence-corrected chi connectivity index (χ1v) is 5.05. The fourth-order valence-corrected chi connectivity index (χ4v) is 0.250. The van der Waals surface area contributed by atoms with Crippen LogP contribution in [0.4, 0.5) is 0 Å². The molecule has 0 fully saturated rings. The van der Waals surface area contributed by atoms with Gasteiger partial charge in [-0.25, -0.2) is 0 Å². The predicted molar refractivity (Wildman–Crippen MR) is 46.5 cm³/mol. The number of rotatable bonds is 3. The third-order valence-corrected chi connectivity index (χ3v) is 1.21. The summed E-state index contributed by atoms with van der Waals surface area (Å²) in [5.41, 5.74) is 0. The minimum atomic E-state index is -3.88. The summed E-state index contributed by atoms with van der Waals surface area (Å²) < 4.78 is 9.58. The van der Waals surface area contributed by atoms with Crippen LogP contribution in [0.5, 0.6) is 0 Å². The van der Waals surface area contributed by atoms with E-state index in [1.54, 1.807) is 0 Å². The van der Waals surface area contributed by atoms with Crippen LogP contribution in [0.2, 0.25) is 0 Å². The second-order valence-electron chi connectivity index (χ2n) is 1.73. The summed E-state index contributed by atoms with van der Waals surface area (Å²) in [6, 6.07) is 0. The van der Waals surface area contributed by atoms with Crippen LogP contribution in [-0.2, 0) is 4.57 Å². The molecule has 4 nitrogen and oxygen atoms in total. The molecule has 0 aromatic rings. The van der Waals surface area contributed by atoms with E-state index >= 15 is 0 Å². The van der Waals surface area contributed by atoms with E-state index in [2.05, 4.69) is 25.7 Å². The minimum absolute atomic E-state index is 0.604. The van der Waals surface area contributed by atoms with Crippen molar-refractivity contribution in [2.24, 2.45) is 0 Å². The van der Waals surface area contributed by atoms with E-state index in [1.807, 2.05) is 0 Å². The molecule has 0 heterocycles. The van der Waals surface area contributed by atoms with Crippen LogP contribution in [0.3, 0.4) is 0 Å². The SMILES string of the molecule is C=CP(=O)(O)O.CCNCC. The molecule has 0 spiro atoms. The van der Waals surface area contributed by atoms with Crippen molar-refractivity contribution in [1.29, 1.82) is 0 Å². The standard InChI is InChI=1S/C4H11N.C2H5O3P/c1-3-5-4-2;1-2-6(3,4)5/h5H,3-4H2,1-2H3;2H,1H2,(H2,3,4,5). The van der Waals surface area contributed by atoms with Crippen LogP contribution >= 0.6 is 7.60 Å². The Morgan fingerprint density at radius 3 is 1.73 bits per heavy atom. The van der Waals surface area contributed by atoms with Crippen LogP contribution < -0.4 is 5.32 Å². The summed E-state index contributed by atoms with van der Waals surface area (Å²) in [6.45, 7) is 9.26. The Morgan fingerprint density at radius 2 is 1.73 bits per heavy atom. The van der Waals surface area contributed by atoms with Crippen molar-refractivity contribution in [3.8, 4) is 0 Å². The molecule has 0 aromatic heterocycles. The van der Waals surface area contributed by atoms with Gasteiger partial charge in [0.25, 0.3) is 0 Å². The molecule has 0 aromatic carbocycles. The zero-order chi connectivity index (χ0) is 9.33. The molecule has 68 valence electrons. The fourth-order valence-electron chi connectivity index (χ4n) is 0.250. The van der Waals surface area contributed by atoms with Crippen LogP contribution in [0.1, 0.15) is 13.8 Å². The van der Waals surface area contributed by atoms with Gasteiger partial charge in [0.1, 0.15) is 0 Å². The van der Waals surface area contributed by atoms with Gasteiger partial charge in [-0.3, -0.25) is 4.57 Å². The normalized spacial score (nSPS) is 9.82. The summed E-state index contributed by atoms with van der Waals surface area (Å²) >= 11 is 0. The lowest BCUT2D eigenvalue weighted by molar-refractivity contribution is 0.386. The van der Waals surface area contributed by atoms with Gasteiger partial charge in [0.15, 0.2) is 0 Å². The molecular weight excluding hydrogens is 165 g/mol. The maximum atomic E-state index is 9.58. The zero-order valence-corrected chi connectivity index (χ0v) is 7.84. The maximum Gasteiger partial charge on any atom is 0.348 e. The Hall–Kier alpha value is -0.150. The second kappa shape index (κ2) is 7.95. The summed E-state index contributed by atoms with van der Waals surface area (Å²) in [7, 11) is -3.88. The van der Waals surface area contributed by atoms with Crippen LogP contribution in [0.25, 0.3) is 0 Å². The topological polar surface area (TPSA) is 69.6 Å². The fraction of sp³-hybridized carbons (Fsp3) is 0.667. The maximum absolute atomic E-state index is 9.58. The first-order valence-electron chi connectivity index (χ1n) is 3.37. The van der Waals surface area contributed by atoms with Gasteiger partial charge in [-0.2, -0.15) is 0 Å². The van der Waals surface area contributed by atoms with E-state index in [1.165, 1.54) is 0 Å². The molecule has 0 amide bonds. The third kappa shape index (κ3) is 25.8. The van der Waals surface area contributed by atoms with Gasteiger partial charge in [-0.05, 0) is 13.1 Å². The highest BCUT2D eigenvalue weighted by Crippen LogP contribution is 2.34. The molecule has 0 saturated carbocycles. The van der Waals surface area contributed by atoms with Gasteiger partial charge in [-0.15, -0.1) is 0 Å². The van der Waals surface area contributed by atoms with Crippen LogP contribution in [-0.4, -0.2) is 22.9 Å². The molecule has 5 heteroatoms. The lowest BCUT2D eigenvalue weighted by Crippen LogP contribution is -2.09. The summed E-state index contributed by atoms with van der Waals surface area (Å²) in [5.74, 6) is 0.604. The second-order valence-corrected chi connectivity index (χ2v) is 3.27. The molecular formula is C6H16NO3P. The van der Waals surface area contributed by atoms with Crippen molar-refractivity contribution in [2.75, 3.05) is 13.1 Å². The highest BCUT2D eigenvalue weighted by Gasteiger charge is 2.00. The molecule has 0 saturated heterocycles. The smallest absolute Gasteiger partial charge is 0.321 e. The third-order valence-electron chi connectivity index (χ3n) is 0.738. The van der Waals surface area contributed by atoms with Gasteiger partial charge in [-0.1, -0.05) is 20.4 Å². The number of hydrogen-bond acceptors (Lipinski definition) is 2. The van der Waals surface area contributed by atoms with Crippen molar-refractivity contribution >= 4 is 7.60 Å². The summed E-state index contributed by atoms with van der Waals surface area (Å²) in [4.78, 5) is 15.6. The van der Waals surface area contributed by atoms with Gasteiger partial charge >= 0.3 is 7.60 Å². The molecule has 0 aliphatic rings. The van der Waals surface area contributed by atoms with Crippen molar-refractivity contribution in [3.05, 3.63) is 12.4 Å². The zero-order valence-electron chi connectivity index (χ0n) is 6.95. The van der Waals surface area contributed by atoms with Gasteiger partial charge in [0.2, 0.25) is 0 Å². The lowest BCUT2D eigenvalue weighted by Gasteiger charge is -1.87. The Labute approximate surface area is 67.5 Å². The Bertz CT molecular complexity index is 130. The van der Waals surface area contributed by atoms with Gasteiger partial charge in [0, 0.05) is 5.82 Å². The quantitative estimate of drug-likeness (QED) is 0.566. The lowest BCUT2D eigenvalue weighted by atomic mass is 10.7. The molecule has 0 unspecified atom stereocenters. The summed E-state index contributed by atoms with van der Waals surface area (Å²) in [6.07, 6.45) is 0. The van der Waals surface area contributed by atoms with Gasteiger partial charge < -0.3 is 15.1 Å². The molecule has 0 aliphatic heterocycles. The molecule has 0 radical (unpaired) electrons. The van der Waals surface area contributed by atoms with Gasteiger partial charge in [0.05, 0.1) is 0 Å². The Kier molecular flexibility index (Phi) is 9.72. The van der Waals surface area contributed by atoms with E-state index < -0.39 is 7.60 Å². The molecule has 0 rings (SSSR count). The van der Waals surface area contributed by atoms with E-state index in [-0.39, 0.29) is 0 Å². The molecule has 3 N–H and O–H groups in total. The van der Waals surface area contributed by atoms with E-state index in [0.29, 0.717) is 5.82 Å². The van der Waals surface area contributed by atoms with Crippen molar-refractivity contribution < 1.29 is 14.4 Å². The van der Waals surface area contributed by atoms with Crippen LogP contribution in [0.15, 0.2) is 12.4 Å². The van der Waals surface area contributed by atoms with Crippen molar-refractivity contribution in [2.45, 2.75) is 13.8 Å². The Morgan fingerprint density at radius 1 is 1.45 bits per heavy atom. The monoisotopic (exact) mass is 181 g/mol. The Balaban J connectivity index is 0. The van der Waals surface area contributed by atoms with E-state index in [4.69, 9.17) is 9.79 Å². The van der Waals surface area contributed by atoms with E-state index in [9.17, 15) is 4.57 Å². The number of hydrogen-bond donors (Lipinski definition) is 3. The van der Waals surface area contributed by atoms with E-state index in [0.717, 1.165) is 13.1 Å². The predicted octanol–water partition coefficient (Wildman–Crippen LogP) is 0.923. The molecule has 0 atom stereocenters. The molecule has 11 heavy (non-hydrogen) atoms. The average molecular weight is 181 g/mol. The summed E-state index contributed by atoms with van der Waals surface area (Å²) in [5, 5.41) is 3.11. The van der Waals surface area contributed by atoms with Crippen LogP contribution in [0, 0.1) is 0 Å². The average Bonchev–Trinajstić information content (AvgIpc) is 1.90. The minimum Gasteiger partial charge on any atom is -0.321 e. The molecule has 0 bridgehead atoms.